The Bertz CT molecular complexity index is 752. The minimum absolute atomic E-state index is 1.11. The summed E-state index contributed by atoms with van der Waals surface area (Å²) in [6.07, 6.45) is 2.44. The van der Waals surface area contributed by atoms with Gasteiger partial charge in [0, 0.05) is 24.4 Å². The molecule has 0 saturated heterocycles. The average molecular weight is 283 g/mol. The Balaban J connectivity index is 0.000000182. The van der Waals surface area contributed by atoms with E-state index in [1.807, 2.05) is 30.7 Å². The number of carbonyl (C=O) groups excluding carboxylic acids is 1. The van der Waals surface area contributed by atoms with Crippen molar-refractivity contribution >= 4 is 22.4 Å². The van der Waals surface area contributed by atoms with Crippen molar-refractivity contribution in [2.45, 2.75) is 6.18 Å². The van der Waals surface area contributed by atoms with Gasteiger partial charge in [-0.3, -0.25) is 0 Å². The SMILES string of the molecule is O=C([O-])C(F)(F)F.c1cc2c3cnc[nH]c3cc[n+]2c1. The molecule has 0 saturated carbocycles. The van der Waals surface area contributed by atoms with E-state index in [0.29, 0.717) is 0 Å². The second kappa shape index (κ2) is 5.16. The minimum atomic E-state index is -5.19. The zero-order valence-corrected chi connectivity index (χ0v) is 9.89. The van der Waals surface area contributed by atoms with E-state index >= 15 is 0 Å². The van der Waals surface area contributed by atoms with Crippen LogP contribution in [0.4, 0.5) is 13.2 Å². The summed E-state index contributed by atoms with van der Waals surface area (Å²) in [5, 5.41) is 9.93. The van der Waals surface area contributed by atoms with Gasteiger partial charge in [0.15, 0.2) is 12.4 Å². The average Bonchev–Trinajstić information content (AvgIpc) is 2.87. The predicted octanol–water partition coefficient (Wildman–Crippen LogP) is 0.600. The monoisotopic (exact) mass is 283 g/mol. The number of nitrogens with zero attached hydrogens (tertiary/aromatic N) is 2. The van der Waals surface area contributed by atoms with Crippen LogP contribution >= 0.6 is 0 Å². The fraction of sp³-hybridized carbons (Fsp3) is 0.0833. The van der Waals surface area contributed by atoms with Crippen LogP contribution in [0.5, 0.6) is 0 Å². The lowest BCUT2D eigenvalue weighted by molar-refractivity contribution is -0.507. The Kier molecular flexibility index (Phi) is 3.55. The van der Waals surface area contributed by atoms with Crippen molar-refractivity contribution in [2.75, 3.05) is 0 Å². The molecule has 3 heterocycles. The Morgan fingerprint density at radius 1 is 1.30 bits per heavy atom. The first-order valence-corrected chi connectivity index (χ1v) is 5.39. The van der Waals surface area contributed by atoms with Gasteiger partial charge in [-0.1, -0.05) is 0 Å². The van der Waals surface area contributed by atoms with Gasteiger partial charge >= 0.3 is 6.18 Å². The van der Waals surface area contributed by atoms with Crippen LogP contribution < -0.4 is 9.51 Å². The first kappa shape index (κ1) is 13.8. The minimum Gasteiger partial charge on any atom is -0.542 e. The van der Waals surface area contributed by atoms with Gasteiger partial charge in [0.2, 0.25) is 5.52 Å². The largest absolute Gasteiger partial charge is 0.542 e. The number of alkyl halides is 3. The van der Waals surface area contributed by atoms with E-state index in [2.05, 4.69) is 20.4 Å². The zero-order chi connectivity index (χ0) is 14.8. The highest BCUT2D eigenvalue weighted by atomic mass is 19.4. The van der Waals surface area contributed by atoms with Crippen LogP contribution in [0.1, 0.15) is 0 Å². The second-order valence-electron chi connectivity index (χ2n) is 3.78. The Labute approximate surface area is 110 Å². The standard InChI is InChI=1S/C10H7N3.C2HF3O2/c1-2-10-8-6-11-7-12-9(8)3-5-13(10)4-1;3-2(4,5)1(6)7/h1-7H;(H,6,7). The molecule has 1 N–H and O–H groups in total. The lowest BCUT2D eigenvalue weighted by Crippen LogP contribution is -2.37. The Hall–Kier alpha value is -2.64. The lowest BCUT2D eigenvalue weighted by atomic mass is 10.3. The van der Waals surface area contributed by atoms with Gasteiger partial charge in [0.1, 0.15) is 5.97 Å². The van der Waals surface area contributed by atoms with Crippen molar-refractivity contribution in [3.05, 3.63) is 43.1 Å². The maximum Gasteiger partial charge on any atom is 0.430 e. The van der Waals surface area contributed by atoms with Gasteiger partial charge in [0.05, 0.1) is 17.2 Å². The predicted molar refractivity (Wildman–Crippen MR) is 60.3 cm³/mol. The summed E-state index contributed by atoms with van der Waals surface area (Å²) < 4.78 is 33.6. The van der Waals surface area contributed by atoms with Gasteiger partial charge in [-0.05, 0) is 0 Å². The van der Waals surface area contributed by atoms with E-state index in [9.17, 15) is 13.2 Å². The number of aromatic amines is 1. The number of carboxylic acids is 1. The highest BCUT2D eigenvalue weighted by molar-refractivity contribution is 5.89. The molecule has 0 aliphatic heterocycles. The summed E-state index contributed by atoms with van der Waals surface area (Å²) in [6.45, 7) is 0. The van der Waals surface area contributed by atoms with Crippen LogP contribution in [0, 0.1) is 0 Å². The third-order valence-electron chi connectivity index (χ3n) is 2.48. The van der Waals surface area contributed by atoms with Crippen LogP contribution in [0.25, 0.3) is 16.4 Å². The molecule has 0 spiro atoms. The molecular weight excluding hydrogens is 275 g/mol. The van der Waals surface area contributed by atoms with E-state index in [1.54, 1.807) is 6.33 Å². The van der Waals surface area contributed by atoms with Gasteiger partial charge < -0.3 is 14.9 Å². The van der Waals surface area contributed by atoms with Crippen LogP contribution in [-0.4, -0.2) is 22.1 Å². The maximum absolute atomic E-state index is 10.5. The topological polar surface area (TPSA) is 72.9 Å². The molecule has 5 nitrogen and oxygen atoms in total. The number of pyridine rings is 1. The molecule has 0 aliphatic carbocycles. The third kappa shape index (κ3) is 2.85. The number of carbonyl (C=O) groups is 1. The number of carboxylic acid groups (broad SMARTS) is 1. The number of nitrogens with one attached hydrogen (secondary N) is 1. The van der Waals surface area contributed by atoms with Gasteiger partial charge in [-0.2, -0.15) is 17.6 Å². The molecule has 0 aliphatic rings. The number of rotatable bonds is 0. The molecule has 0 atom stereocenters. The normalized spacial score (nSPS) is 11.2. The summed E-state index contributed by atoms with van der Waals surface area (Å²) in [5.41, 5.74) is 2.29. The number of aromatic nitrogens is 3. The molecule has 0 unspecified atom stereocenters. The van der Waals surface area contributed by atoms with E-state index in [1.165, 1.54) is 5.52 Å². The molecule has 3 aromatic rings. The van der Waals surface area contributed by atoms with Gasteiger partial charge in [-0.15, -0.1) is 0 Å². The fourth-order valence-electron chi connectivity index (χ4n) is 1.61. The van der Waals surface area contributed by atoms with E-state index in [0.717, 1.165) is 10.9 Å². The Morgan fingerprint density at radius 2 is 2.00 bits per heavy atom. The number of aliphatic carboxylic acids is 1. The Morgan fingerprint density at radius 3 is 2.65 bits per heavy atom. The molecule has 0 bridgehead atoms. The molecule has 8 heteroatoms. The van der Waals surface area contributed by atoms with Gasteiger partial charge in [0.25, 0.3) is 0 Å². The summed E-state index contributed by atoms with van der Waals surface area (Å²) in [4.78, 5) is 16.0. The number of H-pyrrole nitrogens is 1. The summed E-state index contributed by atoms with van der Waals surface area (Å²) in [6, 6.07) is 6.16. The quantitative estimate of drug-likeness (QED) is 0.614. The summed E-state index contributed by atoms with van der Waals surface area (Å²) in [5.74, 6) is -3.01. The van der Waals surface area contributed by atoms with Crippen molar-refractivity contribution in [1.82, 2.24) is 9.97 Å². The van der Waals surface area contributed by atoms with Crippen LogP contribution in [-0.2, 0) is 4.79 Å². The number of fused-ring (bicyclic) bond motifs is 3. The molecule has 104 valence electrons. The molecule has 0 fully saturated rings. The molecule has 0 radical (unpaired) electrons. The highest BCUT2D eigenvalue weighted by Crippen LogP contribution is 2.12. The third-order valence-corrected chi connectivity index (χ3v) is 2.48. The van der Waals surface area contributed by atoms with Crippen molar-refractivity contribution < 1.29 is 27.5 Å². The van der Waals surface area contributed by atoms with Gasteiger partial charge in [-0.25, -0.2) is 4.98 Å². The lowest BCUT2D eigenvalue weighted by Gasteiger charge is -2.03. The number of hydrogen-bond donors (Lipinski definition) is 1. The summed E-state index contributed by atoms with van der Waals surface area (Å²) in [7, 11) is 0. The first-order chi connectivity index (χ1) is 9.39. The number of halogens is 3. The highest BCUT2D eigenvalue weighted by Gasteiger charge is 2.28. The zero-order valence-electron chi connectivity index (χ0n) is 9.89. The van der Waals surface area contributed by atoms with Crippen molar-refractivity contribution in [3.8, 4) is 0 Å². The van der Waals surface area contributed by atoms with Crippen molar-refractivity contribution in [3.63, 3.8) is 0 Å². The molecular formula is C12H8F3N3O2. The van der Waals surface area contributed by atoms with Crippen LogP contribution in [0.2, 0.25) is 0 Å². The van der Waals surface area contributed by atoms with E-state index < -0.39 is 12.1 Å². The maximum atomic E-state index is 10.5. The smallest absolute Gasteiger partial charge is 0.430 e. The fourth-order valence-corrected chi connectivity index (χ4v) is 1.61. The molecule has 3 rings (SSSR count). The van der Waals surface area contributed by atoms with E-state index in [-0.39, 0.29) is 0 Å². The molecule has 0 amide bonds. The van der Waals surface area contributed by atoms with Crippen LogP contribution in [0.15, 0.2) is 43.1 Å². The summed E-state index contributed by atoms with van der Waals surface area (Å²) >= 11 is 0. The molecule has 20 heavy (non-hydrogen) atoms. The van der Waals surface area contributed by atoms with E-state index in [4.69, 9.17) is 9.90 Å². The second-order valence-corrected chi connectivity index (χ2v) is 3.78. The van der Waals surface area contributed by atoms with Crippen molar-refractivity contribution in [2.24, 2.45) is 0 Å². The first-order valence-electron chi connectivity index (χ1n) is 5.39. The molecule has 3 aromatic heterocycles. The molecule has 0 aromatic carbocycles. The number of hydrogen-bond acceptors (Lipinski definition) is 3. The van der Waals surface area contributed by atoms with Crippen molar-refractivity contribution in [1.29, 1.82) is 0 Å². The van der Waals surface area contributed by atoms with Crippen LogP contribution in [0.3, 0.4) is 0 Å².